The fourth-order valence-electron chi connectivity index (χ4n) is 3.43. The van der Waals surface area contributed by atoms with Crippen molar-refractivity contribution in [1.29, 1.82) is 0 Å². The molecule has 1 aromatic carbocycles. The number of hydrogen-bond acceptors (Lipinski definition) is 2. The van der Waals surface area contributed by atoms with E-state index in [9.17, 15) is 26.6 Å². The van der Waals surface area contributed by atoms with Crippen LogP contribution in [0.25, 0.3) is 0 Å². The fraction of sp³-hybridized carbons (Fsp3) is 0.533. The quantitative estimate of drug-likeness (QED) is 0.610. The Kier molecular flexibility index (Phi) is 3.87. The highest BCUT2D eigenvalue weighted by Crippen LogP contribution is 2.41. The summed E-state index contributed by atoms with van der Waals surface area (Å²) in [5.74, 6) is -2.18. The molecule has 22 heavy (non-hydrogen) atoms. The predicted octanol–water partition coefficient (Wildman–Crippen LogP) is 3.72. The van der Waals surface area contributed by atoms with Crippen molar-refractivity contribution in [3.8, 4) is 0 Å². The van der Waals surface area contributed by atoms with Gasteiger partial charge < -0.3 is 0 Å². The molecule has 7 heteroatoms. The first-order valence-corrected chi connectivity index (χ1v) is 8.35. The number of carbonyl (C=O) groups is 1. The van der Waals surface area contributed by atoms with Crippen molar-refractivity contribution in [2.24, 2.45) is 5.92 Å². The van der Waals surface area contributed by atoms with Crippen LogP contribution in [-0.4, -0.2) is 20.5 Å². The molecule has 2 aliphatic heterocycles. The Hall–Kier alpha value is -1.24. The third-order valence-corrected chi connectivity index (χ3v) is 6.66. The van der Waals surface area contributed by atoms with Crippen LogP contribution in [0.15, 0.2) is 18.2 Å². The summed E-state index contributed by atoms with van der Waals surface area (Å²) in [7, 11) is -0.973. The minimum Gasteiger partial charge on any atom is -0.294 e. The van der Waals surface area contributed by atoms with E-state index in [-0.39, 0.29) is 10.5 Å². The maximum atomic E-state index is 13.1. The van der Waals surface area contributed by atoms with E-state index >= 15 is 0 Å². The van der Waals surface area contributed by atoms with Crippen LogP contribution in [0.3, 0.4) is 0 Å². The van der Waals surface area contributed by atoms with E-state index in [0.29, 0.717) is 18.9 Å². The molecule has 0 N–H and O–H groups in total. The molecule has 0 amide bonds. The molecule has 2 bridgehead atoms. The Bertz CT molecular complexity index is 625. The lowest BCUT2D eigenvalue weighted by Gasteiger charge is -2.27. The molecule has 2 aliphatic rings. The average Bonchev–Trinajstić information content (AvgIpc) is 2.67. The van der Waals surface area contributed by atoms with Gasteiger partial charge in [0.05, 0.1) is 5.56 Å². The number of hydrogen-bond donors (Lipinski definition) is 0. The number of fused-ring (bicyclic) bond motifs is 2. The minimum atomic E-state index is -4.77. The van der Waals surface area contributed by atoms with Gasteiger partial charge in [-0.25, -0.2) is 4.39 Å². The van der Waals surface area contributed by atoms with E-state index in [2.05, 4.69) is 0 Å². The first kappa shape index (κ1) is 15.6. The number of alkyl halides is 3. The summed E-state index contributed by atoms with van der Waals surface area (Å²) < 4.78 is 64.1. The highest BCUT2D eigenvalue weighted by atomic mass is 32.2. The van der Waals surface area contributed by atoms with E-state index in [0.717, 1.165) is 25.0 Å². The molecule has 2 unspecified atom stereocenters. The minimum absolute atomic E-state index is 0.0949. The summed E-state index contributed by atoms with van der Waals surface area (Å²) in [4.78, 5) is 12.5. The van der Waals surface area contributed by atoms with Gasteiger partial charge >= 0.3 is 6.18 Å². The number of ketones is 1. The van der Waals surface area contributed by atoms with E-state index in [4.69, 9.17) is 0 Å². The van der Waals surface area contributed by atoms with Crippen LogP contribution < -0.4 is 0 Å². The van der Waals surface area contributed by atoms with Gasteiger partial charge in [-0.2, -0.15) is 13.2 Å². The molecule has 0 aromatic heterocycles. The summed E-state index contributed by atoms with van der Waals surface area (Å²) in [5.41, 5.74) is -1.71. The van der Waals surface area contributed by atoms with Crippen LogP contribution in [0, 0.1) is 11.7 Å². The van der Waals surface area contributed by atoms with Gasteiger partial charge in [0.2, 0.25) is 0 Å². The smallest absolute Gasteiger partial charge is 0.294 e. The second kappa shape index (κ2) is 5.44. The molecule has 0 spiro atoms. The second-order valence-electron chi connectivity index (χ2n) is 5.87. The van der Waals surface area contributed by atoms with Crippen molar-refractivity contribution in [3.05, 3.63) is 35.1 Å². The van der Waals surface area contributed by atoms with Crippen LogP contribution >= 0.6 is 0 Å². The molecule has 0 aliphatic carbocycles. The Balaban J connectivity index is 1.92. The van der Waals surface area contributed by atoms with Crippen LogP contribution in [-0.2, 0) is 17.0 Å². The molecular weight excluding hydrogens is 320 g/mol. The topological polar surface area (TPSA) is 34.1 Å². The Morgan fingerprint density at radius 2 is 1.73 bits per heavy atom. The van der Waals surface area contributed by atoms with E-state index in [1.807, 2.05) is 0 Å². The number of Topliss-reactive ketones (excluding diaryl/α,β-unsaturated/α-hetero) is 1. The SMILES string of the molecule is O=C(c1ccc(F)cc1C(F)(F)F)C1CC2CCC(C1)S2=O. The monoisotopic (exact) mass is 334 g/mol. The zero-order valence-corrected chi connectivity index (χ0v) is 12.3. The molecule has 0 saturated carbocycles. The van der Waals surface area contributed by atoms with Gasteiger partial charge in [0.25, 0.3) is 0 Å². The summed E-state index contributed by atoms with van der Waals surface area (Å²) in [6.45, 7) is 0. The zero-order chi connectivity index (χ0) is 16.1. The third kappa shape index (κ3) is 2.71. The zero-order valence-electron chi connectivity index (χ0n) is 11.5. The molecule has 0 radical (unpaired) electrons. The van der Waals surface area contributed by atoms with E-state index in [1.165, 1.54) is 0 Å². The van der Waals surface area contributed by atoms with Crippen molar-refractivity contribution in [3.63, 3.8) is 0 Å². The van der Waals surface area contributed by atoms with Crippen LogP contribution in [0.2, 0.25) is 0 Å². The highest BCUT2D eigenvalue weighted by molar-refractivity contribution is 7.86. The van der Waals surface area contributed by atoms with Crippen LogP contribution in [0.4, 0.5) is 17.6 Å². The van der Waals surface area contributed by atoms with Gasteiger partial charge in [-0.1, -0.05) is 0 Å². The van der Waals surface area contributed by atoms with E-state index < -0.39 is 45.6 Å². The van der Waals surface area contributed by atoms with Crippen molar-refractivity contribution in [1.82, 2.24) is 0 Å². The second-order valence-corrected chi connectivity index (χ2v) is 7.86. The van der Waals surface area contributed by atoms with E-state index in [1.54, 1.807) is 0 Å². The highest BCUT2D eigenvalue weighted by Gasteiger charge is 2.44. The maximum absolute atomic E-state index is 13.1. The van der Waals surface area contributed by atoms with Gasteiger partial charge in [0.1, 0.15) is 5.82 Å². The largest absolute Gasteiger partial charge is 0.417 e. The average molecular weight is 334 g/mol. The number of rotatable bonds is 2. The van der Waals surface area contributed by atoms with Crippen molar-refractivity contribution < 1.29 is 26.6 Å². The lowest BCUT2D eigenvalue weighted by atomic mass is 9.88. The van der Waals surface area contributed by atoms with Gasteiger partial charge in [-0.05, 0) is 43.9 Å². The standard InChI is InChI=1S/C15H14F4O2S/c16-9-1-4-12(13(7-9)15(17,18)19)14(20)8-5-10-2-3-11(6-8)22(10)21/h1,4,7-8,10-11H,2-3,5-6H2. The first-order valence-electron chi connectivity index (χ1n) is 7.07. The Morgan fingerprint density at radius 3 is 2.27 bits per heavy atom. The van der Waals surface area contributed by atoms with Crippen molar-refractivity contribution in [2.45, 2.75) is 42.4 Å². The van der Waals surface area contributed by atoms with Crippen LogP contribution in [0.5, 0.6) is 0 Å². The predicted molar refractivity (Wildman–Crippen MR) is 73.4 cm³/mol. The lowest BCUT2D eigenvalue weighted by molar-refractivity contribution is -0.138. The first-order chi connectivity index (χ1) is 10.3. The molecule has 3 rings (SSSR count). The summed E-state index contributed by atoms with van der Waals surface area (Å²) in [6.07, 6.45) is -2.54. The third-order valence-electron chi connectivity index (χ3n) is 4.49. The van der Waals surface area contributed by atoms with Crippen molar-refractivity contribution in [2.75, 3.05) is 0 Å². The Labute approximate surface area is 127 Å². The van der Waals surface area contributed by atoms with Crippen molar-refractivity contribution >= 4 is 16.6 Å². The van der Waals surface area contributed by atoms with Gasteiger partial charge in [0, 0.05) is 32.8 Å². The normalized spacial score (nSPS) is 31.3. The lowest BCUT2D eigenvalue weighted by Crippen LogP contribution is -2.33. The molecule has 2 heterocycles. The molecule has 120 valence electrons. The van der Waals surface area contributed by atoms with Gasteiger partial charge in [-0.15, -0.1) is 0 Å². The molecule has 2 nitrogen and oxygen atoms in total. The summed E-state index contributed by atoms with van der Waals surface area (Å²) in [5, 5.41) is -0.190. The fourth-order valence-corrected chi connectivity index (χ4v) is 5.56. The molecule has 1 aromatic rings. The summed E-state index contributed by atoms with van der Waals surface area (Å²) in [6, 6.07) is 2.15. The molecule has 2 saturated heterocycles. The molecule has 2 atom stereocenters. The number of carbonyl (C=O) groups excluding carboxylic acids is 1. The van der Waals surface area contributed by atoms with Gasteiger partial charge in [-0.3, -0.25) is 9.00 Å². The number of benzene rings is 1. The molecular formula is C15H14F4O2S. The summed E-state index contributed by atoms with van der Waals surface area (Å²) >= 11 is 0. The molecule has 2 fully saturated rings. The van der Waals surface area contributed by atoms with Gasteiger partial charge in [0.15, 0.2) is 5.78 Å². The van der Waals surface area contributed by atoms with Crippen LogP contribution in [0.1, 0.15) is 41.6 Å². The Morgan fingerprint density at radius 1 is 1.14 bits per heavy atom. The number of halogens is 4. The maximum Gasteiger partial charge on any atom is 0.417 e.